The van der Waals surface area contributed by atoms with E-state index in [0.29, 0.717) is 23.8 Å². The van der Waals surface area contributed by atoms with Crippen molar-refractivity contribution in [3.63, 3.8) is 0 Å². The maximum absolute atomic E-state index is 14.9. The van der Waals surface area contributed by atoms with Gasteiger partial charge in [-0.25, -0.2) is 26.3 Å². The van der Waals surface area contributed by atoms with Crippen molar-refractivity contribution in [3.8, 4) is 20.9 Å². The summed E-state index contributed by atoms with van der Waals surface area (Å²) in [5.41, 5.74) is 9.06. The summed E-state index contributed by atoms with van der Waals surface area (Å²) < 4.78 is 87.3. The van der Waals surface area contributed by atoms with E-state index in [-0.39, 0.29) is 33.9 Å². The Labute approximate surface area is 330 Å². The van der Waals surface area contributed by atoms with Crippen molar-refractivity contribution >= 4 is 67.8 Å². The van der Waals surface area contributed by atoms with E-state index in [1.165, 1.54) is 50.5 Å². The first-order valence-corrected chi connectivity index (χ1v) is 19.8. The van der Waals surface area contributed by atoms with Crippen molar-refractivity contribution in [2.24, 2.45) is 5.73 Å². The zero-order valence-corrected chi connectivity index (χ0v) is 33.6. The third kappa shape index (κ3) is 7.61. The third-order valence-electron chi connectivity index (χ3n) is 9.74. The average Bonchev–Trinajstić information content (AvgIpc) is 3.57. The molecule has 56 heavy (non-hydrogen) atoms. The highest BCUT2D eigenvalue weighted by Crippen LogP contribution is 2.39. The summed E-state index contributed by atoms with van der Waals surface area (Å²) in [5.74, 6) is -5.99. The molecule has 1 fully saturated rings. The Morgan fingerprint density at radius 2 is 1.16 bits per heavy atom. The number of hydrogen-bond donors (Lipinski definition) is 3. The van der Waals surface area contributed by atoms with Gasteiger partial charge in [-0.15, -0.1) is 22.7 Å². The van der Waals surface area contributed by atoms with Crippen molar-refractivity contribution in [3.05, 3.63) is 139 Å². The van der Waals surface area contributed by atoms with Gasteiger partial charge in [0, 0.05) is 76.7 Å². The number of thiophene rings is 2. The van der Waals surface area contributed by atoms with Gasteiger partial charge in [0.15, 0.2) is 23.3 Å². The predicted octanol–water partition coefficient (Wildman–Crippen LogP) is 13.2. The fraction of sp³-hybridized carbons (Fsp3) is 0.200. The van der Waals surface area contributed by atoms with Crippen molar-refractivity contribution in [1.29, 1.82) is 0 Å². The molecule has 3 nitrogen and oxygen atoms in total. The number of nitrogens with two attached hydrogens (primary N) is 1. The topological polar surface area (TPSA) is 63.8 Å². The maximum Gasteiger partial charge on any atom is 0.167 e. The molecule has 1 atom stereocenters. The van der Waals surface area contributed by atoms with Crippen molar-refractivity contribution in [1.82, 2.24) is 10.3 Å². The minimum Gasteiger partial charge on any atom is -0.354 e. The molecule has 4 N–H and O–H groups in total. The van der Waals surface area contributed by atoms with Gasteiger partial charge in [0.2, 0.25) is 0 Å². The predicted molar refractivity (Wildman–Crippen MR) is 224 cm³/mol. The van der Waals surface area contributed by atoms with Crippen molar-refractivity contribution in [2.75, 3.05) is 13.6 Å². The van der Waals surface area contributed by atoms with Crippen LogP contribution in [0.4, 0.5) is 26.3 Å². The lowest BCUT2D eigenvalue weighted by Gasteiger charge is -2.12. The molecule has 4 aromatic carbocycles. The average molecular weight is 802 g/mol. The molecule has 0 radical (unpaired) electrons. The summed E-state index contributed by atoms with van der Waals surface area (Å²) in [6.45, 7) is 10.4. The van der Waals surface area contributed by atoms with Gasteiger partial charge < -0.3 is 16.0 Å². The number of halogens is 6. The van der Waals surface area contributed by atoms with Crippen LogP contribution in [-0.2, 0) is 0 Å². The lowest BCUT2D eigenvalue weighted by atomic mass is 9.96. The number of aromatic amines is 1. The number of nitrogens with one attached hydrogen (secondary N) is 2. The Balaban J connectivity index is 0.00000129. The number of rotatable bonds is 7. The lowest BCUT2D eigenvalue weighted by Crippen LogP contribution is -2.06. The van der Waals surface area contributed by atoms with Gasteiger partial charge in [-0.05, 0) is 117 Å². The number of hydrogen-bond acceptors (Lipinski definition) is 4. The monoisotopic (exact) mass is 801 g/mol. The number of fused-ring (bicyclic) bond motifs is 3. The van der Waals surface area contributed by atoms with E-state index in [1.54, 1.807) is 19.1 Å². The van der Waals surface area contributed by atoms with Crippen LogP contribution in [0.15, 0.2) is 66.7 Å². The van der Waals surface area contributed by atoms with E-state index >= 15 is 0 Å². The Bertz CT molecular complexity index is 2600. The van der Waals surface area contributed by atoms with Crippen LogP contribution in [0.3, 0.4) is 0 Å². The molecule has 0 bridgehead atoms. The standard InChI is InChI=1S/C42H30F6N2S2.C2H6.CH5N/c1-19(37-21(3)39(45)22(4)40(46)42(37)48)13-25-7-11-35(51-25)23-5-9-27-28-10-6-24(15-33(28)50-32(27)14-23)36-12-8-26(52-36)16-29(34-18-49-34)38-20(2)30(43)17-31(44)41(38)47;2*1-2/h5-17,34,49-50H,18H2,1-4H3;1-2H3;2H2,1H3/b19-13+,29-16+;;. The van der Waals surface area contributed by atoms with Crippen LogP contribution in [0.2, 0.25) is 0 Å². The normalized spacial score (nSPS) is 14.1. The summed E-state index contributed by atoms with van der Waals surface area (Å²) in [7, 11) is 1.50. The highest BCUT2D eigenvalue weighted by molar-refractivity contribution is 7.16. The Kier molecular flexibility index (Phi) is 12.1. The molecule has 7 aromatic rings. The maximum atomic E-state index is 14.9. The van der Waals surface area contributed by atoms with Crippen molar-refractivity contribution < 1.29 is 26.3 Å². The summed E-state index contributed by atoms with van der Waals surface area (Å²) in [5, 5.41) is 5.26. The molecule has 1 unspecified atom stereocenters. The number of allylic oxidation sites excluding steroid dienone is 1. The molecule has 0 amide bonds. The van der Waals surface area contributed by atoms with E-state index < -0.39 is 34.9 Å². The molecular formula is C45H41F6N3S2. The minimum absolute atomic E-state index is 0.0345. The second-order valence-corrected chi connectivity index (χ2v) is 15.4. The molecule has 1 aliphatic rings. The van der Waals surface area contributed by atoms with Crippen LogP contribution < -0.4 is 11.1 Å². The van der Waals surface area contributed by atoms with Crippen LogP contribution in [-0.4, -0.2) is 24.6 Å². The first-order chi connectivity index (χ1) is 26.9. The SMILES string of the molecule is C/C(=C\c1ccc(-c2ccc3c(c2)[nH]c2cc(-c4ccc(/C=C(/c5c(C)c(F)cc(F)c5F)C5CN5)s4)ccc23)s1)c1c(C)c(F)c(C)c(F)c1F.CC.CN. The molecule has 0 spiro atoms. The largest absolute Gasteiger partial charge is 0.354 e. The summed E-state index contributed by atoms with van der Waals surface area (Å²) in [6, 6.07) is 20.6. The fourth-order valence-corrected chi connectivity index (χ4v) is 8.84. The van der Waals surface area contributed by atoms with Crippen LogP contribution >= 0.6 is 22.7 Å². The van der Waals surface area contributed by atoms with Gasteiger partial charge in [-0.3, -0.25) is 0 Å². The Hall–Kier alpha value is -4.94. The summed E-state index contributed by atoms with van der Waals surface area (Å²) in [4.78, 5) is 7.17. The summed E-state index contributed by atoms with van der Waals surface area (Å²) >= 11 is 3.00. The molecule has 0 aliphatic carbocycles. The molecule has 1 saturated heterocycles. The zero-order chi connectivity index (χ0) is 40.6. The number of H-pyrrole nitrogens is 1. The second-order valence-electron chi connectivity index (χ2n) is 13.2. The van der Waals surface area contributed by atoms with E-state index in [2.05, 4.69) is 46.4 Å². The third-order valence-corrected chi connectivity index (χ3v) is 11.9. The smallest absolute Gasteiger partial charge is 0.167 e. The fourth-order valence-electron chi connectivity index (χ4n) is 6.88. The molecule has 4 heterocycles. The Morgan fingerprint density at radius 1 is 0.625 bits per heavy atom. The first kappa shape index (κ1) is 40.7. The number of benzene rings is 4. The first-order valence-electron chi connectivity index (χ1n) is 18.1. The van der Waals surface area contributed by atoms with Gasteiger partial charge in [0.25, 0.3) is 0 Å². The number of aromatic nitrogens is 1. The van der Waals surface area contributed by atoms with E-state index in [1.807, 2.05) is 44.2 Å². The molecule has 8 rings (SSSR count). The Morgan fingerprint density at radius 3 is 1.70 bits per heavy atom. The highest BCUT2D eigenvalue weighted by Gasteiger charge is 2.31. The van der Waals surface area contributed by atoms with E-state index in [0.717, 1.165) is 52.4 Å². The lowest BCUT2D eigenvalue weighted by molar-refractivity contribution is 0.481. The molecule has 0 saturated carbocycles. The highest BCUT2D eigenvalue weighted by atomic mass is 32.1. The van der Waals surface area contributed by atoms with Crippen molar-refractivity contribution in [2.45, 2.75) is 47.6 Å². The van der Waals surface area contributed by atoms with Gasteiger partial charge >= 0.3 is 0 Å². The molecule has 1 aliphatic heterocycles. The molecular weight excluding hydrogens is 761 g/mol. The van der Waals surface area contributed by atoms with Crippen LogP contribution in [0.5, 0.6) is 0 Å². The van der Waals surface area contributed by atoms with Gasteiger partial charge in [-0.1, -0.05) is 38.1 Å². The van der Waals surface area contributed by atoms with E-state index in [9.17, 15) is 26.3 Å². The molecule has 290 valence electrons. The second kappa shape index (κ2) is 16.7. The van der Waals surface area contributed by atoms with E-state index in [4.69, 9.17) is 0 Å². The molecule has 3 aromatic heterocycles. The summed E-state index contributed by atoms with van der Waals surface area (Å²) in [6.07, 6.45) is 3.55. The van der Waals surface area contributed by atoms with Crippen LogP contribution in [0.1, 0.15) is 58.3 Å². The zero-order valence-electron chi connectivity index (χ0n) is 32.0. The van der Waals surface area contributed by atoms with Crippen LogP contribution in [0, 0.1) is 55.7 Å². The van der Waals surface area contributed by atoms with Crippen LogP contribution in [0.25, 0.3) is 66.0 Å². The molecule has 11 heteroatoms. The minimum atomic E-state index is -1.21. The van der Waals surface area contributed by atoms with Gasteiger partial charge in [0.05, 0.1) is 0 Å². The van der Waals surface area contributed by atoms with Gasteiger partial charge in [-0.2, -0.15) is 0 Å². The quantitative estimate of drug-likeness (QED) is 0.0854. The van der Waals surface area contributed by atoms with Gasteiger partial charge in [0.1, 0.15) is 11.6 Å².